The second-order valence-electron chi connectivity index (χ2n) is 8.51. The van der Waals surface area contributed by atoms with Gasteiger partial charge in [0, 0.05) is 29.7 Å². The van der Waals surface area contributed by atoms with E-state index in [1.54, 1.807) is 54.3 Å². The summed E-state index contributed by atoms with van der Waals surface area (Å²) in [5, 5.41) is 13.2. The first-order chi connectivity index (χ1) is 18.2. The molecule has 38 heavy (non-hydrogen) atoms. The lowest BCUT2D eigenvalue weighted by atomic mass is 9.94. The Kier molecular flexibility index (Phi) is 6.45. The molecule has 1 aliphatic rings. The molecule has 2 aromatic heterocycles. The summed E-state index contributed by atoms with van der Waals surface area (Å²) in [7, 11) is 0. The third-order valence-electron chi connectivity index (χ3n) is 5.84. The summed E-state index contributed by atoms with van der Waals surface area (Å²) in [6, 6.07) is 12.3. The molecule has 0 saturated heterocycles. The molecule has 0 radical (unpaired) electrons. The molecule has 3 heterocycles. The quantitative estimate of drug-likeness (QED) is 0.311. The highest BCUT2D eigenvalue weighted by atomic mass is 19.4. The van der Waals surface area contributed by atoms with Crippen LogP contribution in [-0.4, -0.2) is 44.7 Å². The second-order valence-corrected chi connectivity index (χ2v) is 8.51. The molecular formula is C26H21F3N6O3. The van der Waals surface area contributed by atoms with Crippen LogP contribution in [-0.2, 0) is 11.3 Å². The summed E-state index contributed by atoms with van der Waals surface area (Å²) >= 11 is 0. The number of ether oxygens (including phenoxy) is 1. The van der Waals surface area contributed by atoms with E-state index in [0.717, 1.165) is 5.69 Å². The van der Waals surface area contributed by atoms with Crippen LogP contribution in [0.3, 0.4) is 0 Å². The van der Waals surface area contributed by atoms with Crippen molar-refractivity contribution < 1.29 is 27.5 Å². The Labute approximate surface area is 214 Å². The lowest BCUT2D eigenvalue weighted by Gasteiger charge is -2.11. The SMILES string of the molecule is Cc1cc(C(=O)NCCn2ccnn2)c(/C=C2\C(=O)Nc3cccc(-c4ccc(OC(F)(F)F)cc4)c32)[nH]1. The zero-order valence-electron chi connectivity index (χ0n) is 20.0. The first-order valence-corrected chi connectivity index (χ1v) is 11.5. The number of anilines is 1. The van der Waals surface area contributed by atoms with Crippen LogP contribution in [0.5, 0.6) is 5.75 Å². The Balaban J connectivity index is 1.45. The maximum absolute atomic E-state index is 13.0. The number of hydrogen-bond donors (Lipinski definition) is 3. The summed E-state index contributed by atoms with van der Waals surface area (Å²) in [6.45, 7) is 2.56. The van der Waals surface area contributed by atoms with Crippen molar-refractivity contribution in [2.75, 3.05) is 11.9 Å². The smallest absolute Gasteiger partial charge is 0.406 e. The molecule has 12 heteroatoms. The predicted octanol–water partition coefficient (Wildman–Crippen LogP) is 4.40. The minimum atomic E-state index is -4.80. The summed E-state index contributed by atoms with van der Waals surface area (Å²) < 4.78 is 43.2. The standard InChI is InChI=1S/C26H21F3N6O3/c1-15-13-19(24(36)30-9-11-35-12-10-31-34-35)22(32-15)14-20-23-18(3-2-4-21(23)33-25(20)37)16-5-7-17(8-6-16)38-26(27,28)29/h2-8,10,12-14,32H,9,11H2,1H3,(H,30,36)(H,33,37)/b20-14-. The first kappa shape index (κ1) is 24.8. The van der Waals surface area contributed by atoms with Crippen LogP contribution in [0.25, 0.3) is 22.8 Å². The third-order valence-corrected chi connectivity index (χ3v) is 5.84. The number of rotatable bonds is 7. The van der Waals surface area contributed by atoms with Crippen molar-refractivity contribution in [1.29, 1.82) is 0 Å². The van der Waals surface area contributed by atoms with E-state index in [0.29, 0.717) is 52.3 Å². The molecule has 2 amide bonds. The average Bonchev–Trinajstić information content (AvgIpc) is 3.58. The molecule has 0 saturated carbocycles. The van der Waals surface area contributed by atoms with Crippen molar-refractivity contribution in [1.82, 2.24) is 25.3 Å². The van der Waals surface area contributed by atoms with Crippen molar-refractivity contribution in [3.8, 4) is 16.9 Å². The van der Waals surface area contributed by atoms with Gasteiger partial charge >= 0.3 is 6.36 Å². The van der Waals surface area contributed by atoms with Crippen molar-refractivity contribution >= 4 is 29.2 Å². The van der Waals surface area contributed by atoms with E-state index >= 15 is 0 Å². The fourth-order valence-corrected chi connectivity index (χ4v) is 4.25. The molecule has 5 rings (SSSR count). The Morgan fingerprint density at radius 3 is 2.68 bits per heavy atom. The van der Waals surface area contributed by atoms with E-state index in [9.17, 15) is 22.8 Å². The summed E-state index contributed by atoms with van der Waals surface area (Å²) in [5.74, 6) is -1.04. The second kappa shape index (κ2) is 9.88. The van der Waals surface area contributed by atoms with Crippen molar-refractivity contribution in [3.05, 3.63) is 83.4 Å². The highest BCUT2D eigenvalue weighted by Gasteiger charge is 2.31. The molecule has 9 nitrogen and oxygen atoms in total. The highest BCUT2D eigenvalue weighted by molar-refractivity contribution is 6.36. The molecule has 0 atom stereocenters. The molecule has 4 aromatic rings. The largest absolute Gasteiger partial charge is 0.573 e. The number of fused-ring (bicyclic) bond motifs is 1. The van der Waals surface area contributed by atoms with E-state index in [4.69, 9.17) is 0 Å². The van der Waals surface area contributed by atoms with Gasteiger partial charge in [0.1, 0.15) is 5.75 Å². The Morgan fingerprint density at radius 2 is 1.97 bits per heavy atom. The van der Waals surface area contributed by atoms with Crippen LogP contribution in [0.1, 0.15) is 27.3 Å². The van der Waals surface area contributed by atoms with E-state index < -0.39 is 6.36 Å². The van der Waals surface area contributed by atoms with Crippen molar-refractivity contribution in [2.24, 2.45) is 0 Å². The van der Waals surface area contributed by atoms with E-state index in [-0.39, 0.29) is 17.6 Å². The third kappa shape index (κ3) is 5.28. The number of carbonyl (C=O) groups excluding carboxylic acids is 2. The number of carbonyl (C=O) groups is 2. The van der Waals surface area contributed by atoms with Gasteiger partial charge in [-0.2, -0.15) is 0 Å². The molecule has 0 aliphatic carbocycles. The number of hydrogen-bond acceptors (Lipinski definition) is 5. The van der Waals surface area contributed by atoms with Crippen LogP contribution < -0.4 is 15.4 Å². The van der Waals surface area contributed by atoms with Gasteiger partial charge in [0.2, 0.25) is 0 Å². The van der Waals surface area contributed by atoms with Gasteiger partial charge in [0.05, 0.1) is 29.6 Å². The van der Waals surface area contributed by atoms with Crippen molar-refractivity contribution in [3.63, 3.8) is 0 Å². The van der Waals surface area contributed by atoms with Gasteiger partial charge < -0.3 is 20.4 Å². The number of aromatic amines is 1. The number of aryl methyl sites for hydroxylation is 1. The van der Waals surface area contributed by atoms with Gasteiger partial charge in [-0.3, -0.25) is 14.3 Å². The molecule has 1 aliphatic heterocycles. The van der Waals surface area contributed by atoms with Crippen LogP contribution in [0.15, 0.2) is 60.9 Å². The maximum Gasteiger partial charge on any atom is 0.573 e. The van der Waals surface area contributed by atoms with Crippen LogP contribution >= 0.6 is 0 Å². The Bertz CT molecular complexity index is 1520. The monoisotopic (exact) mass is 522 g/mol. The number of H-pyrrole nitrogens is 1. The molecule has 0 spiro atoms. The number of nitrogens with zero attached hydrogens (tertiary/aromatic N) is 3. The fraction of sp³-hybridized carbons (Fsp3) is 0.154. The zero-order valence-corrected chi connectivity index (χ0v) is 20.0. The molecule has 2 aromatic carbocycles. The lowest BCUT2D eigenvalue weighted by molar-refractivity contribution is -0.274. The summed E-state index contributed by atoms with van der Waals surface area (Å²) in [5.41, 5.74) is 4.20. The predicted molar refractivity (Wildman–Crippen MR) is 133 cm³/mol. The van der Waals surface area contributed by atoms with Gasteiger partial charge in [0.25, 0.3) is 11.8 Å². The average molecular weight is 522 g/mol. The molecule has 0 bridgehead atoms. The lowest BCUT2D eigenvalue weighted by Crippen LogP contribution is -2.27. The topological polar surface area (TPSA) is 114 Å². The number of aromatic nitrogens is 4. The number of halogens is 3. The molecule has 194 valence electrons. The minimum Gasteiger partial charge on any atom is -0.406 e. The molecule has 0 unspecified atom stereocenters. The minimum absolute atomic E-state index is 0.310. The normalized spacial score (nSPS) is 13.9. The fourth-order valence-electron chi connectivity index (χ4n) is 4.25. The van der Waals surface area contributed by atoms with E-state index in [1.807, 2.05) is 0 Å². The van der Waals surface area contributed by atoms with Crippen LogP contribution in [0.2, 0.25) is 0 Å². The molecule has 3 N–H and O–H groups in total. The molecule has 0 fully saturated rings. The van der Waals surface area contributed by atoms with Crippen LogP contribution in [0, 0.1) is 6.92 Å². The van der Waals surface area contributed by atoms with Crippen LogP contribution in [0.4, 0.5) is 18.9 Å². The number of benzene rings is 2. The number of amides is 2. The highest BCUT2D eigenvalue weighted by Crippen LogP contribution is 2.41. The molecular weight excluding hydrogens is 501 g/mol. The van der Waals surface area contributed by atoms with Crippen molar-refractivity contribution in [2.45, 2.75) is 19.8 Å². The van der Waals surface area contributed by atoms with Gasteiger partial charge in [0.15, 0.2) is 0 Å². The number of nitrogens with one attached hydrogen (secondary N) is 3. The Hall–Kier alpha value is -4.87. The van der Waals surface area contributed by atoms with E-state index in [2.05, 4.69) is 30.7 Å². The Morgan fingerprint density at radius 1 is 1.18 bits per heavy atom. The summed E-state index contributed by atoms with van der Waals surface area (Å²) in [4.78, 5) is 29.0. The summed E-state index contributed by atoms with van der Waals surface area (Å²) in [6.07, 6.45) is 0.0412. The maximum atomic E-state index is 13.0. The zero-order chi connectivity index (χ0) is 26.9. The van der Waals surface area contributed by atoms with Gasteiger partial charge in [-0.15, -0.1) is 18.3 Å². The van der Waals surface area contributed by atoms with Gasteiger partial charge in [-0.1, -0.05) is 29.5 Å². The van der Waals surface area contributed by atoms with Gasteiger partial charge in [-0.05, 0) is 48.4 Å². The van der Waals surface area contributed by atoms with Gasteiger partial charge in [-0.25, -0.2) is 0 Å². The first-order valence-electron chi connectivity index (χ1n) is 11.5. The number of alkyl halides is 3. The van der Waals surface area contributed by atoms with E-state index in [1.165, 1.54) is 24.3 Å².